The second-order valence-electron chi connectivity index (χ2n) is 6.77. The van der Waals surface area contributed by atoms with Crippen molar-refractivity contribution in [2.24, 2.45) is 0 Å². The van der Waals surface area contributed by atoms with E-state index in [1.807, 2.05) is 0 Å². The third-order valence-corrected chi connectivity index (χ3v) is 3.54. The van der Waals surface area contributed by atoms with Crippen molar-refractivity contribution in [2.45, 2.75) is 344 Å². The van der Waals surface area contributed by atoms with Gasteiger partial charge in [0.15, 0.2) is 0 Å². The molecule has 0 bridgehead atoms. The van der Waals surface area contributed by atoms with Gasteiger partial charge in [0.1, 0.15) is 0 Å². The SMILES string of the molecule is C.C.C.C.C.C.C.C.C.C.C.C.C.C.C.C.C.C.C.C.C.C.C.C.CCCCC.CCCCC.CCCCC.CCCCC.CCCCC. The lowest BCUT2D eigenvalue weighted by molar-refractivity contribution is 0.772. The van der Waals surface area contributed by atoms with Crippen LogP contribution in [0.4, 0.5) is 0 Å². The smallest absolute Gasteiger partial charge is 0.0538 e. The van der Waals surface area contributed by atoms with Gasteiger partial charge in [-0.05, 0) is 0 Å². The zero-order chi connectivity index (χ0) is 20.6. The average Bonchev–Trinajstić information content (AvgIpc) is 2.61. The van der Waals surface area contributed by atoms with Crippen LogP contribution in [0.25, 0.3) is 0 Å². The van der Waals surface area contributed by atoms with Crippen LogP contribution >= 0.6 is 0 Å². The van der Waals surface area contributed by atoms with Gasteiger partial charge in [-0.15, -0.1) is 0 Å². The largest absolute Gasteiger partial charge is 0.0776 e. The van der Waals surface area contributed by atoms with Gasteiger partial charge in [-0.1, -0.05) is 344 Å². The first kappa shape index (κ1) is 282. The van der Waals surface area contributed by atoms with Crippen LogP contribution in [0.5, 0.6) is 0 Å². The number of rotatable bonds is 10. The minimum atomic E-state index is 0. The molecule has 0 unspecified atom stereocenters. The van der Waals surface area contributed by atoms with Gasteiger partial charge >= 0.3 is 0 Å². The molecular formula is C49H156. The normalized spacial score (nSPS) is 4.29. The monoisotopic (exact) mass is 745 g/mol. The summed E-state index contributed by atoms with van der Waals surface area (Å²) in [7, 11) is 0. The maximum Gasteiger partial charge on any atom is -0.0538 e. The lowest BCUT2D eigenvalue weighted by atomic mass is 10.3. The van der Waals surface area contributed by atoms with E-state index < -0.39 is 0 Å². The predicted octanol–water partition coefficient (Wildman–Crippen LogP) is 26.2. The van der Waals surface area contributed by atoms with Gasteiger partial charge in [-0.2, -0.15) is 0 Å². The van der Waals surface area contributed by atoms with E-state index in [2.05, 4.69) is 69.2 Å². The molecule has 0 heterocycles. The van der Waals surface area contributed by atoms with E-state index in [1.165, 1.54) is 96.3 Å². The highest BCUT2D eigenvalue weighted by Gasteiger charge is 1.70. The van der Waals surface area contributed by atoms with Crippen LogP contribution in [0.1, 0.15) is 344 Å². The molecule has 0 aliphatic heterocycles. The molecule has 0 spiro atoms. The molecule has 0 atom stereocenters. The van der Waals surface area contributed by atoms with E-state index in [-0.39, 0.29) is 178 Å². The first-order valence-corrected chi connectivity index (χ1v) is 12.1. The Bertz CT molecular complexity index is 72.4. The summed E-state index contributed by atoms with van der Waals surface area (Å²) < 4.78 is 0. The summed E-state index contributed by atoms with van der Waals surface area (Å²) in [5.74, 6) is 0. The fraction of sp³-hybridized carbons (Fsp3) is 1.00. The van der Waals surface area contributed by atoms with E-state index in [9.17, 15) is 0 Å². The molecule has 0 heteroatoms. The quantitative estimate of drug-likeness (QED) is 0.209. The third kappa shape index (κ3) is 1020. The van der Waals surface area contributed by atoms with Gasteiger partial charge in [0.2, 0.25) is 0 Å². The molecule has 0 saturated heterocycles. The second-order valence-corrected chi connectivity index (χ2v) is 6.77. The Hall–Kier alpha value is 0. The summed E-state index contributed by atoms with van der Waals surface area (Å²) >= 11 is 0. The third-order valence-electron chi connectivity index (χ3n) is 3.54. The topological polar surface area (TPSA) is 0 Å². The minimum Gasteiger partial charge on any atom is -0.0776 e. The van der Waals surface area contributed by atoms with Gasteiger partial charge in [0, 0.05) is 0 Å². The van der Waals surface area contributed by atoms with Crippen molar-refractivity contribution in [3.05, 3.63) is 0 Å². The molecule has 0 radical (unpaired) electrons. The van der Waals surface area contributed by atoms with Crippen LogP contribution in [-0.2, 0) is 0 Å². The molecule has 0 amide bonds. The van der Waals surface area contributed by atoms with Gasteiger partial charge in [-0.25, -0.2) is 0 Å². The van der Waals surface area contributed by atoms with Crippen LogP contribution in [0.2, 0.25) is 0 Å². The van der Waals surface area contributed by atoms with Crippen LogP contribution in [0.15, 0.2) is 0 Å². The Labute approximate surface area is 342 Å². The second kappa shape index (κ2) is 471. The summed E-state index contributed by atoms with van der Waals surface area (Å²) in [6.07, 6.45) is 20.4. The fourth-order valence-electron chi connectivity index (χ4n) is 1.77. The van der Waals surface area contributed by atoms with E-state index in [1.54, 1.807) is 0 Å². The molecule has 352 valence electrons. The zero-order valence-electron chi connectivity index (χ0n) is 20.6. The molecule has 0 aliphatic rings. The van der Waals surface area contributed by atoms with Crippen molar-refractivity contribution in [3.8, 4) is 0 Å². The molecule has 0 rings (SSSR count). The molecule has 49 heavy (non-hydrogen) atoms. The molecule has 0 nitrogen and oxygen atoms in total. The molecule has 0 aromatic carbocycles. The molecule has 0 aliphatic carbocycles. The van der Waals surface area contributed by atoms with Gasteiger partial charge in [0.25, 0.3) is 0 Å². The lowest BCUT2D eigenvalue weighted by Gasteiger charge is -1.79. The highest BCUT2D eigenvalue weighted by atomic mass is 13.8. The Morgan fingerprint density at radius 3 is 0.163 bits per heavy atom. The summed E-state index contributed by atoms with van der Waals surface area (Å²) in [6, 6.07) is 0. The highest BCUT2D eigenvalue weighted by molar-refractivity contribution is 4.26. The van der Waals surface area contributed by atoms with Crippen LogP contribution in [0.3, 0.4) is 0 Å². The lowest BCUT2D eigenvalue weighted by Crippen LogP contribution is -1.59. The Kier molecular flexibility index (Phi) is 2710. The van der Waals surface area contributed by atoms with E-state index in [0.717, 1.165) is 0 Å². The Balaban J connectivity index is -0.00000000337. The number of unbranched alkanes of at least 4 members (excludes halogenated alkanes) is 10. The van der Waals surface area contributed by atoms with Crippen LogP contribution in [0, 0.1) is 0 Å². The maximum atomic E-state index is 2.21. The Morgan fingerprint density at radius 2 is 0.163 bits per heavy atom. The van der Waals surface area contributed by atoms with Gasteiger partial charge < -0.3 is 0 Å². The number of hydrogen-bond acceptors (Lipinski definition) is 0. The van der Waals surface area contributed by atoms with Crippen LogP contribution < -0.4 is 0 Å². The van der Waals surface area contributed by atoms with Gasteiger partial charge in [0.05, 0.1) is 0 Å². The zero-order valence-corrected chi connectivity index (χ0v) is 20.6. The first-order chi connectivity index (χ1) is 12.1. The molecule has 0 aromatic rings. The summed E-state index contributed by atoms with van der Waals surface area (Å²) in [5, 5.41) is 0. The average molecular weight is 746 g/mol. The van der Waals surface area contributed by atoms with Crippen molar-refractivity contribution >= 4 is 0 Å². The number of hydrogen-bond donors (Lipinski definition) is 0. The highest BCUT2D eigenvalue weighted by Crippen LogP contribution is 1.90. The van der Waals surface area contributed by atoms with E-state index in [4.69, 9.17) is 0 Å². The van der Waals surface area contributed by atoms with Gasteiger partial charge in [-0.3, -0.25) is 0 Å². The molecule has 0 aromatic heterocycles. The fourth-order valence-corrected chi connectivity index (χ4v) is 1.77. The van der Waals surface area contributed by atoms with Crippen molar-refractivity contribution in [1.29, 1.82) is 0 Å². The predicted molar refractivity (Wildman–Crippen MR) is 288 cm³/mol. The van der Waals surface area contributed by atoms with Crippen molar-refractivity contribution in [2.75, 3.05) is 0 Å². The van der Waals surface area contributed by atoms with Crippen molar-refractivity contribution in [3.63, 3.8) is 0 Å². The molecule has 0 saturated carbocycles. The maximum absolute atomic E-state index is 2.21. The molecule has 0 N–H and O–H groups in total. The Morgan fingerprint density at radius 1 is 0.122 bits per heavy atom. The molecular weight excluding hydrogens is 589 g/mol. The first-order valence-electron chi connectivity index (χ1n) is 12.1. The molecule has 0 fully saturated rings. The van der Waals surface area contributed by atoms with E-state index in [0.29, 0.717) is 0 Å². The summed E-state index contributed by atoms with van der Waals surface area (Å²) in [4.78, 5) is 0. The van der Waals surface area contributed by atoms with Crippen molar-refractivity contribution < 1.29 is 0 Å². The van der Waals surface area contributed by atoms with Crippen molar-refractivity contribution in [1.82, 2.24) is 0 Å². The summed E-state index contributed by atoms with van der Waals surface area (Å²) in [5.41, 5.74) is 0. The minimum absolute atomic E-state index is 0. The summed E-state index contributed by atoms with van der Waals surface area (Å²) in [6.45, 7) is 22.1. The van der Waals surface area contributed by atoms with Crippen LogP contribution in [-0.4, -0.2) is 0 Å². The van der Waals surface area contributed by atoms with E-state index >= 15 is 0 Å². The standard InChI is InChI=1S/5C5H12.24CH4/c5*1-3-5-4-2;;;;;;;;;;;;;;;;;;;;;;;;/h5*3-5H2,1-2H3;24*1H4.